The zero-order chi connectivity index (χ0) is 24.5. The van der Waals surface area contributed by atoms with Crippen molar-refractivity contribution in [2.75, 3.05) is 6.54 Å². The van der Waals surface area contributed by atoms with E-state index in [-0.39, 0.29) is 19.1 Å². The van der Waals surface area contributed by atoms with Gasteiger partial charge in [0.05, 0.1) is 6.04 Å². The van der Waals surface area contributed by atoms with Crippen molar-refractivity contribution in [3.05, 3.63) is 35.9 Å². The van der Waals surface area contributed by atoms with Crippen LogP contribution in [0.4, 0.5) is 4.79 Å². The van der Waals surface area contributed by atoms with E-state index in [2.05, 4.69) is 10.6 Å². The zero-order valence-electron chi connectivity index (χ0n) is 20.1. The molecule has 8 heteroatoms. The average molecular weight is 449 g/mol. The molecule has 0 aromatic heterocycles. The molecule has 2 atom stereocenters. The average Bonchev–Trinajstić information content (AvgIpc) is 2.72. The maximum Gasteiger partial charge on any atom is 0.408 e. The molecule has 0 saturated carbocycles. The molecule has 0 heterocycles. The van der Waals surface area contributed by atoms with Gasteiger partial charge in [-0.3, -0.25) is 14.4 Å². The second-order valence-electron chi connectivity index (χ2n) is 9.34. The van der Waals surface area contributed by atoms with E-state index in [9.17, 15) is 19.2 Å². The lowest BCUT2D eigenvalue weighted by Gasteiger charge is -2.30. The van der Waals surface area contributed by atoms with Crippen LogP contribution in [0.3, 0.4) is 0 Å². The lowest BCUT2D eigenvalue weighted by molar-refractivity contribution is -0.161. The summed E-state index contributed by atoms with van der Waals surface area (Å²) in [6.07, 6.45) is -0.130. The van der Waals surface area contributed by atoms with Gasteiger partial charge in [-0.05, 0) is 46.1 Å². The quantitative estimate of drug-likeness (QED) is 0.419. The van der Waals surface area contributed by atoms with Crippen molar-refractivity contribution in [2.24, 2.45) is 11.3 Å². The van der Waals surface area contributed by atoms with E-state index in [1.165, 1.54) is 13.8 Å². The number of amides is 2. The highest BCUT2D eigenvalue weighted by Crippen LogP contribution is 2.25. The predicted molar refractivity (Wildman–Crippen MR) is 121 cm³/mol. The summed E-state index contributed by atoms with van der Waals surface area (Å²) in [6, 6.07) is 8.26. The lowest BCUT2D eigenvalue weighted by Crippen LogP contribution is -2.54. The second-order valence-corrected chi connectivity index (χ2v) is 9.34. The Kier molecular flexibility index (Phi) is 9.87. The minimum atomic E-state index is -1.46. The van der Waals surface area contributed by atoms with Gasteiger partial charge >= 0.3 is 12.1 Å². The molecule has 0 bridgehead atoms. The first kappa shape index (κ1) is 27.1. The molecular weight excluding hydrogens is 412 g/mol. The molecular formula is C24H36N2O6. The standard InChI is InChI=1S/C24H36N2O6/c1-8-16(2)19(26-18(27)14-25-22(30)32-23(3,4)5)20(28)24(6,7)21(29)31-15-17-12-10-9-11-13-17/h9-13,16,19H,8,14-15H2,1-7H3,(H,25,30)(H,26,27). The van der Waals surface area contributed by atoms with Crippen molar-refractivity contribution < 1.29 is 28.7 Å². The first-order chi connectivity index (χ1) is 14.8. The fourth-order valence-corrected chi connectivity index (χ4v) is 2.79. The minimum Gasteiger partial charge on any atom is -0.460 e. The summed E-state index contributed by atoms with van der Waals surface area (Å²) in [5.41, 5.74) is -1.35. The molecule has 1 aromatic carbocycles. The van der Waals surface area contributed by atoms with E-state index in [4.69, 9.17) is 9.47 Å². The van der Waals surface area contributed by atoms with Gasteiger partial charge in [-0.2, -0.15) is 0 Å². The fourth-order valence-electron chi connectivity index (χ4n) is 2.79. The number of ether oxygens (including phenoxy) is 2. The fraction of sp³-hybridized carbons (Fsp3) is 0.583. The molecule has 0 aliphatic heterocycles. The number of benzene rings is 1. The third kappa shape index (κ3) is 8.69. The van der Waals surface area contributed by atoms with Crippen molar-refractivity contribution in [1.29, 1.82) is 0 Å². The van der Waals surface area contributed by atoms with Crippen molar-refractivity contribution in [3.63, 3.8) is 0 Å². The van der Waals surface area contributed by atoms with Crippen LogP contribution < -0.4 is 10.6 Å². The van der Waals surface area contributed by atoms with Gasteiger partial charge in [-0.1, -0.05) is 50.6 Å². The maximum atomic E-state index is 13.3. The molecule has 32 heavy (non-hydrogen) atoms. The van der Waals surface area contributed by atoms with Crippen LogP contribution in [0.2, 0.25) is 0 Å². The number of carbonyl (C=O) groups is 4. The molecule has 2 unspecified atom stereocenters. The maximum absolute atomic E-state index is 13.3. The summed E-state index contributed by atoms with van der Waals surface area (Å²) in [5, 5.41) is 5.02. The molecule has 0 aliphatic rings. The third-order valence-electron chi connectivity index (χ3n) is 4.94. The van der Waals surface area contributed by atoms with Crippen molar-refractivity contribution in [2.45, 2.75) is 73.1 Å². The number of hydrogen-bond acceptors (Lipinski definition) is 6. The molecule has 178 valence electrons. The Morgan fingerprint density at radius 3 is 2.12 bits per heavy atom. The summed E-state index contributed by atoms with van der Waals surface area (Å²) in [7, 11) is 0. The molecule has 0 spiro atoms. The SMILES string of the molecule is CCC(C)C(NC(=O)CNC(=O)OC(C)(C)C)C(=O)C(C)(C)C(=O)OCc1ccccc1. The van der Waals surface area contributed by atoms with Crippen LogP contribution in [0.5, 0.6) is 0 Å². The molecule has 0 aliphatic carbocycles. The molecule has 8 nitrogen and oxygen atoms in total. The van der Waals surface area contributed by atoms with Crippen LogP contribution in [0.25, 0.3) is 0 Å². The Morgan fingerprint density at radius 2 is 1.59 bits per heavy atom. The molecule has 2 amide bonds. The zero-order valence-corrected chi connectivity index (χ0v) is 20.1. The van der Waals surface area contributed by atoms with Gasteiger partial charge in [0.2, 0.25) is 5.91 Å². The smallest absolute Gasteiger partial charge is 0.408 e. The topological polar surface area (TPSA) is 111 Å². The van der Waals surface area contributed by atoms with Gasteiger partial charge in [-0.15, -0.1) is 0 Å². The van der Waals surface area contributed by atoms with Gasteiger partial charge < -0.3 is 20.1 Å². The molecule has 0 saturated heterocycles. The van der Waals surface area contributed by atoms with Crippen LogP contribution in [0.1, 0.15) is 60.5 Å². The monoisotopic (exact) mass is 448 g/mol. The Hall–Kier alpha value is -2.90. The Labute approximate surface area is 190 Å². The van der Waals surface area contributed by atoms with Crippen LogP contribution in [0.15, 0.2) is 30.3 Å². The van der Waals surface area contributed by atoms with E-state index >= 15 is 0 Å². The van der Waals surface area contributed by atoms with Crippen molar-refractivity contribution in [1.82, 2.24) is 10.6 Å². The van der Waals surface area contributed by atoms with E-state index in [1.807, 2.05) is 44.2 Å². The highest BCUT2D eigenvalue weighted by Gasteiger charge is 2.43. The number of hydrogen-bond donors (Lipinski definition) is 2. The van der Waals surface area contributed by atoms with Crippen molar-refractivity contribution >= 4 is 23.8 Å². The second kappa shape index (κ2) is 11.6. The molecule has 0 fully saturated rings. The molecule has 2 N–H and O–H groups in total. The van der Waals surface area contributed by atoms with Crippen LogP contribution >= 0.6 is 0 Å². The van der Waals surface area contributed by atoms with E-state index < -0.39 is 40.8 Å². The number of Topliss-reactive ketones (excluding diaryl/α,β-unsaturated/α-hetero) is 1. The number of esters is 1. The van der Waals surface area contributed by atoms with E-state index in [0.717, 1.165) is 5.56 Å². The van der Waals surface area contributed by atoms with Gasteiger partial charge in [0.15, 0.2) is 5.78 Å². The number of alkyl carbamates (subject to hydrolysis) is 1. The number of nitrogens with one attached hydrogen (secondary N) is 2. The third-order valence-corrected chi connectivity index (χ3v) is 4.94. The van der Waals surface area contributed by atoms with Crippen LogP contribution in [0, 0.1) is 11.3 Å². The van der Waals surface area contributed by atoms with Crippen molar-refractivity contribution in [3.8, 4) is 0 Å². The largest absolute Gasteiger partial charge is 0.460 e. The summed E-state index contributed by atoms with van der Waals surface area (Å²) in [6.45, 7) is 11.5. The highest BCUT2D eigenvalue weighted by atomic mass is 16.6. The van der Waals surface area contributed by atoms with E-state index in [1.54, 1.807) is 20.8 Å². The summed E-state index contributed by atoms with van der Waals surface area (Å²) < 4.78 is 10.5. The predicted octanol–water partition coefficient (Wildman–Crippen LogP) is 3.38. The Morgan fingerprint density at radius 1 is 1.00 bits per heavy atom. The number of carbonyl (C=O) groups excluding carboxylic acids is 4. The van der Waals surface area contributed by atoms with E-state index in [0.29, 0.717) is 6.42 Å². The van der Waals surface area contributed by atoms with Gasteiger partial charge in [-0.25, -0.2) is 4.79 Å². The summed E-state index contributed by atoms with van der Waals surface area (Å²) in [5.74, 6) is -1.89. The normalized spacial score (nSPS) is 13.5. The molecule has 0 radical (unpaired) electrons. The highest BCUT2D eigenvalue weighted by molar-refractivity contribution is 6.06. The van der Waals surface area contributed by atoms with Gasteiger partial charge in [0.1, 0.15) is 24.2 Å². The molecule has 1 aromatic rings. The number of rotatable bonds is 10. The first-order valence-electron chi connectivity index (χ1n) is 10.8. The summed E-state index contributed by atoms with van der Waals surface area (Å²) in [4.78, 5) is 50.1. The lowest BCUT2D eigenvalue weighted by atomic mass is 9.79. The molecule has 1 rings (SSSR count). The van der Waals surface area contributed by atoms with Gasteiger partial charge in [0, 0.05) is 0 Å². The first-order valence-corrected chi connectivity index (χ1v) is 10.8. The van der Waals surface area contributed by atoms with Crippen LogP contribution in [-0.4, -0.2) is 41.9 Å². The minimum absolute atomic E-state index is 0.0521. The van der Waals surface area contributed by atoms with Crippen LogP contribution in [-0.2, 0) is 30.5 Å². The van der Waals surface area contributed by atoms with Gasteiger partial charge in [0.25, 0.3) is 0 Å². The number of ketones is 1. The Balaban J connectivity index is 2.79. The Bertz CT molecular complexity index is 798. The summed E-state index contributed by atoms with van der Waals surface area (Å²) >= 11 is 0.